The van der Waals surface area contributed by atoms with Gasteiger partial charge in [-0.3, -0.25) is 9.59 Å². The van der Waals surface area contributed by atoms with E-state index >= 15 is 0 Å². The third kappa shape index (κ3) is 4.48. The van der Waals surface area contributed by atoms with E-state index in [4.69, 9.17) is 9.52 Å². The predicted molar refractivity (Wildman–Crippen MR) is 81.1 cm³/mol. The zero-order valence-electron chi connectivity index (χ0n) is 12.4. The van der Waals surface area contributed by atoms with Gasteiger partial charge < -0.3 is 14.4 Å². The lowest BCUT2D eigenvalue weighted by molar-refractivity contribution is -0.143. The van der Waals surface area contributed by atoms with Gasteiger partial charge in [0.15, 0.2) is 0 Å². The van der Waals surface area contributed by atoms with Crippen LogP contribution in [0, 0.1) is 5.92 Å². The van der Waals surface area contributed by atoms with Gasteiger partial charge in [0, 0.05) is 6.54 Å². The van der Waals surface area contributed by atoms with Gasteiger partial charge in [0.05, 0.1) is 25.1 Å². The maximum atomic E-state index is 12.5. The Morgan fingerprint density at radius 1 is 1.18 bits per heavy atom. The molecule has 5 nitrogen and oxygen atoms in total. The molecule has 1 heterocycles. The number of hydrogen-bond acceptors (Lipinski definition) is 3. The number of benzene rings is 1. The number of carbonyl (C=O) groups is 2. The van der Waals surface area contributed by atoms with Crippen LogP contribution >= 0.6 is 0 Å². The van der Waals surface area contributed by atoms with Crippen molar-refractivity contribution in [2.24, 2.45) is 5.92 Å². The highest BCUT2D eigenvalue weighted by Crippen LogP contribution is 2.11. The predicted octanol–water partition coefficient (Wildman–Crippen LogP) is 2.57. The molecule has 22 heavy (non-hydrogen) atoms. The summed E-state index contributed by atoms with van der Waals surface area (Å²) >= 11 is 0. The second-order valence-electron chi connectivity index (χ2n) is 5.26. The second kappa shape index (κ2) is 7.45. The van der Waals surface area contributed by atoms with Gasteiger partial charge in [-0.25, -0.2) is 0 Å². The third-order valence-corrected chi connectivity index (χ3v) is 3.39. The first-order valence-corrected chi connectivity index (χ1v) is 7.13. The maximum Gasteiger partial charge on any atom is 0.308 e. The summed E-state index contributed by atoms with van der Waals surface area (Å²) in [5.74, 6) is -1.03. The Hall–Kier alpha value is -2.56. The van der Waals surface area contributed by atoms with E-state index in [0.717, 1.165) is 5.56 Å². The molecule has 0 aliphatic heterocycles. The Morgan fingerprint density at radius 3 is 2.50 bits per heavy atom. The summed E-state index contributed by atoms with van der Waals surface area (Å²) in [4.78, 5) is 25.1. The van der Waals surface area contributed by atoms with Crippen molar-refractivity contribution in [3.05, 3.63) is 60.1 Å². The molecule has 1 N–H and O–H groups in total. The van der Waals surface area contributed by atoms with E-state index in [-0.39, 0.29) is 25.4 Å². The first kappa shape index (κ1) is 15.8. The number of furan rings is 1. The molecule has 0 bridgehead atoms. The third-order valence-electron chi connectivity index (χ3n) is 3.39. The van der Waals surface area contributed by atoms with E-state index in [9.17, 15) is 9.59 Å². The summed E-state index contributed by atoms with van der Waals surface area (Å²) in [6.07, 6.45) is 1.78. The molecule has 116 valence electrons. The summed E-state index contributed by atoms with van der Waals surface area (Å²) in [6, 6.07) is 12.9. The molecule has 0 aliphatic rings. The molecule has 0 radical (unpaired) electrons. The Labute approximate surface area is 129 Å². The van der Waals surface area contributed by atoms with Crippen LogP contribution in [0.25, 0.3) is 0 Å². The summed E-state index contributed by atoms with van der Waals surface area (Å²) < 4.78 is 5.27. The molecule has 0 aliphatic carbocycles. The van der Waals surface area contributed by atoms with Gasteiger partial charge in [-0.05, 0) is 17.7 Å². The van der Waals surface area contributed by atoms with Gasteiger partial charge in [0.25, 0.3) is 0 Å². The number of carbonyl (C=O) groups excluding carboxylic acids is 1. The zero-order valence-corrected chi connectivity index (χ0v) is 12.4. The lowest BCUT2D eigenvalue weighted by Crippen LogP contribution is -2.37. The van der Waals surface area contributed by atoms with Gasteiger partial charge >= 0.3 is 5.97 Å². The van der Waals surface area contributed by atoms with Crippen LogP contribution in [0.3, 0.4) is 0 Å². The highest BCUT2D eigenvalue weighted by Gasteiger charge is 2.21. The van der Waals surface area contributed by atoms with Gasteiger partial charge in [-0.15, -0.1) is 0 Å². The highest BCUT2D eigenvalue weighted by molar-refractivity contribution is 5.79. The number of hydrogen-bond donors (Lipinski definition) is 1. The number of amides is 1. The van der Waals surface area contributed by atoms with E-state index in [1.807, 2.05) is 30.3 Å². The van der Waals surface area contributed by atoms with Crippen LogP contribution in [0.1, 0.15) is 18.2 Å². The number of nitrogens with zero attached hydrogens (tertiary/aromatic N) is 1. The lowest BCUT2D eigenvalue weighted by atomic mass is 10.1. The molecule has 0 fully saturated rings. The van der Waals surface area contributed by atoms with Crippen LogP contribution in [0.4, 0.5) is 0 Å². The van der Waals surface area contributed by atoms with Crippen LogP contribution < -0.4 is 0 Å². The molecule has 1 atom stereocenters. The monoisotopic (exact) mass is 301 g/mol. The van der Waals surface area contributed by atoms with Crippen molar-refractivity contribution in [1.82, 2.24) is 4.90 Å². The quantitative estimate of drug-likeness (QED) is 0.853. The fraction of sp³-hybridized carbons (Fsp3) is 0.294. The van der Waals surface area contributed by atoms with Crippen LogP contribution in [0.2, 0.25) is 0 Å². The van der Waals surface area contributed by atoms with Crippen LogP contribution in [0.15, 0.2) is 53.1 Å². The topological polar surface area (TPSA) is 70.8 Å². The minimum Gasteiger partial charge on any atom is -0.481 e. The van der Waals surface area contributed by atoms with Crippen molar-refractivity contribution in [2.75, 3.05) is 6.54 Å². The molecule has 2 aromatic rings. The normalized spacial score (nSPS) is 11.9. The first-order chi connectivity index (χ1) is 10.6. The van der Waals surface area contributed by atoms with Crippen molar-refractivity contribution in [1.29, 1.82) is 0 Å². The van der Waals surface area contributed by atoms with E-state index in [0.29, 0.717) is 5.76 Å². The minimum absolute atomic E-state index is 0.115. The Balaban J connectivity index is 2.08. The Bertz CT molecular complexity index is 607. The van der Waals surface area contributed by atoms with E-state index in [1.54, 1.807) is 19.1 Å². The largest absolute Gasteiger partial charge is 0.481 e. The van der Waals surface area contributed by atoms with Gasteiger partial charge in [0.1, 0.15) is 5.76 Å². The number of carboxylic acid groups (broad SMARTS) is 1. The number of rotatable bonds is 7. The Morgan fingerprint density at radius 2 is 1.91 bits per heavy atom. The second-order valence-corrected chi connectivity index (χ2v) is 5.26. The molecular formula is C17H19NO4. The van der Waals surface area contributed by atoms with Gasteiger partial charge in [0.2, 0.25) is 5.91 Å². The van der Waals surface area contributed by atoms with Crippen molar-refractivity contribution in [3.8, 4) is 0 Å². The summed E-state index contributed by atoms with van der Waals surface area (Å²) in [6.45, 7) is 2.02. The molecule has 0 saturated carbocycles. The van der Waals surface area contributed by atoms with Crippen LogP contribution in [-0.2, 0) is 22.6 Å². The fourth-order valence-corrected chi connectivity index (χ4v) is 2.14. The molecule has 0 saturated heterocycles. The zero-order chi connectivity index (χ0) is 15.9. The van der Waals surface area contributed by atoms with Gasteiger partial charge in [-0.1, -0.05) is 37.3 Å². The lowest BCUT2D eigenvalue weighted by Gasteiger charge is -2.23. The number of aliphatic carboxylic acids is 1. The summed E-state index contributed by atoms with van der Waals surface area (Å²) in [5.41, 5.74) is 0.903. The van der Waals surface area contributed by atoms with E-state index in [1.165, 1.54) is 11.2 Å². The standard InChI is InChI=1S/C17H19NO4/c1-13(17(20)21)11-18(12-15-8-5-9-22-15)16(19)10-14-6-3-2-4-7-14/h2-9,13H,10-12H2,1H3,(H,20,21). The first-order valence-electron chi connectivity index (χ1n) is 7.13. The molecular weight excluding hydrogens is 282 g/mol. The average molecular weight is 301 g/mol. The molecule has 1 aromatic heterocycles. The van der Waals surface area contributed by atoms with Crippen molar-refractivity contribution >= 4 is 11.9 Å². The van der Waals surface area contributed by atoms with Gasteiger partial charge in [-0.2, -0.15) is 0 Å². The van der Waals surface area contributed by atoms with Crippen molar-refractivity contribution < 1.29 is 19.1 Å². The highest BCUT2D eigenvalue weighted by atomic mass is 16.4. The summed E-state index contributed by atoms with van der Waals surface area (Å²) in [7, 11) is 0. The maximum absolute atomic E-state index is 12.5. The molecule has 0 spiro atoms. The van der Waals surface area contributed by atoms with Crippen LogP contribution in [-0.4, -0.2) is 28.4 Å². The molecule has 1 aromatic carbocycles. The molecule has 1 unspecified atom stereocenters. The van der Waals surface area contributed by atoms with Crippen LogP contribution in [0.5, 0.6) is 0 Å². The molecule has 1 amide bonds. The van der Waals surface area contributed by atoms with Crippen molar-refractivity contribution in [2.45, 2.75) is 19.9 Å². The smallest absolute Gasteiger partial charge is 0.308 e. The minimum atomic E-state index is -0.919. The molecule has 2 rings (SSSR count). The fourth-order valence-electron chi connectivity index (χ4n) is 2.14. The average Bonchev–Trinajstić information content (AvgIpc) is 3.00. The van der Waals surface area contributed by atoms with E-state index in [2.05, 4.69) is 0 Å². The van der Waals surface area contributed by atoms with E-state index < -0.39 is 11.9 Å². The SMILES string of the molecule is CC(CN(Cc1ccco1)C(=O)Cc1ccccc1)C(=O)O. The number of carboxylic acids is 1. The summed E-state index contributed by atoms with van der Waals surface area (Å²) in [5, 5.41) is 9.07. The Kier molecular flexibility index (Phi) is 5.36. The molecule has 5 heteroatoms. The van der Waals surface area contributed by atoms with Crippen molar-refractivity contribution in [3.63, 3.8) is 0 Å².